The van der Waals surface area contributed by atoms with Crippen LogP contribution < -0.4 is 14.8 Å². The number of ketones is 1. The van der Waals surface area contributed by atoms with Crippen molar-refractivity contribution in [1.29, 1.82) is 0 Å². The summed E-state index contributed by atoms with van der Waals surface area (Å²) in [6.45, 7) is 0. The second-order valence-electron chi connectivity index (χ2n) is 4.93. The minimum absolute atomic E-state index is 0.0765. The first kappa shape index (κ1) is 17.7. The zero-order chi connectivity index (χ0) is 17.7. The maximum Gasteiger partial charge on any atom is 0.335 e. The number of aromatic carboxylic acids is 1. The van der Waals surface area contributed by atoms with Crippen molar-refractivity contribution in [3.63, 3.8) is 0 Å². The van der Waals surface area contributed by atoms with E-state index in [2.05, 4.69) is 9.24 Å². The number of rotatable bonds is 6. The van der Waals surface area contributed by atoms with Gasteiger partial charge in [0.05, 0.1) is 19.8 Å². The van der Waals surface area contributed by atoms with Crippen molar-refractivity contribution in [3.8, 4) is 11.5 Å². The van der Waals surface area contributed by atoms with E-state index in [1.807, 2.05) is 6.07 Å². The van der Waals surface area contributed by atoms with Crippen LogP contribution in [0.25, 0.3) is 6.08 Å². The zero-order valence-electron chi connectivity index (χ0n) is 13.3. The second-order valence-corrected chi connectivity index (χ2v) is 5.55. The van der Waals surface area contributed by atoms with Crippen molar-refractivity contribution in [3.05, 3.63) is 59.2 Å². The predicted octanol–water partition coefficient (Wildman–Crippen LogP) is 2.80. The molecule has 0 aliphatic heterocycles. The lowest BCUT2D eigenvalue weighted by Crippen LogP contribution is -2.03. The van der Waals surface area contributed by atoms with Crippen molar-refractivity contribution >= 4 is 32.4 Å². The number of carbonyl (C=O) groups excluding carboxylic acids is 1. The van der Waals surface area contributed by atoms with E-state index in [4.69, 9.17) is 14.6 Å². The molecule has 0 saturated heterocycles. The Kier molecular flexibility index (Phi) is 5.72. The molecule has 6 heteroatoms. The summed E-state index contributed by atoms with van der Waals surface area (Å²) >= 11 is 0. The lowest BCUT2D eigenvalue weighted by Gasteiger charge is -2.11. The molecule has 0 spiro atoms. The molecule has 0 aromatic heterocycles. The Hall–Kier alpha value is -2.65. The van der Waals surface area contributed by atoms with Gasteiger partial charge in [-0.3, -0.25) is 4.79 Å². The SMILES string of the molecule is COc1cc(/C=C/C(=O)c2cccc(C(=O)O)c2)cc(P)c1OC. The Balaban J connectivity index is 2.27. The quantitative estimate of drug-likeness (QED) is 0.496. The second kappa shape index (κ2) is 7.75. The highest BCUT2D eigenvalue weighted by atomic mass is 31.0. The first-order valence-corrected chi connectivity index (χ1v) is 7.61. The topological polar surface area (TPSA) is 72.8 Å². The van der Waals surface area contributed by atoms with Crippen LogP contribution in [-0.4, -0.2) is 31.1 Å². The van der Waals surface area contributed by atoms with Crippen molar-refractivity contribution in [1.82, 2.24) is 0 Å². The molecule has 2 aromatic rings. The van der Waals surface area contributed by atoms with Crippen molar-refractivity contribution in [2.75, 3.05) is 14.2 Å². The lowest BCUT2D eigenvalue weighted by atomic mass is 10.1. The van der Waals surface area contributed by atoms with Gasteiger partial charge in [0, 0.05) is 10.9 Å². The molecule has 0 aliphatic rings. The molecule has 1 N–H and O–H groups in total. The molecule has 1 unspecified atom stereocenters. The highest BCUT2D eigenvalue weighted by Crippen LogP contribution is 2.28. The molecular weight excluding hydrogens is 327 g/mol. The van der Waals surface area contributed by atoms with Crippen LogP contribution in [0.1, 0.15) is 26.3 Å². The molecule has 24 heavy (non-hydrogen) atoms. The summed E-state index contributed by atoms with van der Waals surface area (Å²) in [7, 11) is 5.65. The molecule has 2 aromatic carbocycles. The highest BCUT2D eigenvalue weighted by Gasteiger charge is 2.10. The van der Waals surface area contributed by atoms with Crippen LogP contribution in [0.15, 0.2) is 42.5 Å². The average molecular weight is 344 g/mol. The van der Waals surface area contributed by atoms with Gasteiger partial charge in [-0.25, -0.2) is 4.79 Å². The Bertz CT molecular complexity index is 811. The molecule has 5 nitrogen and oxygen atoms in total. The van der Waals surface area contributed by atoms with Gasteiger partial charge in [0.2, 0.25) is 0 Å². The lowest BCUT2D eigenvalue weighted by molar-refractivity contribution is 0.0697. The van der Waals surface area contributed by atoms with E-state index in [-0.39, 0.29) is 11.3 Å². The number of carboxylic acid groups (broad SMARTS) is 1. The Morgan fingerprint density at radius 1 is 1.08 bits per heavy atom. The Labute approximate surface area is 142 Å². The molecule has 0 radical (unpaired) electrons. The predicted molar refractivity (Wildman–Crippen MR) is 95.7 cm³/mol. The molecule has 0 heterocycles. The van der Waals surface area contributed by atoms with Gasteiger partial charge < -0.3 is 14.6 Å². The van der Waals surface area contributed by atoms with Gasteiger partial charge >= 0.3 is 5.97 Å². The third kappa shape index (κ3) is 4.00. The highest BCUT2D eigenvalue weighted by molar-refractivity contribution is 7.27. The first-order chi connectivity index (χ1) is 11.5. The molecular formula is C18H17O5P. The third-order valence-electron chi connectivity index (χ3n) is 3.35. The Morgan fingerprint density at radius 2 is 1.79 bits per heavy atom. The van der Waals surface area contributed by atoms with E-state index in [9.17, 15) is 9.59 Å². The van der Waals surface area contributed by atoms with Crippen LogP contribution in [-0.2, 0) is 0 Å². The van der Waals surface area contributed by atoms with Crippen LogP contribution in [0.4, 0.5) is 0 Å². The van der Waals surface area contributed by atoms with Gasteiger partial charge in [-0.2, -0.15) is 0 Å². The first-order valence-electron chi connectivity index (χ1n) is 7.03. The van der Waals surface area contributed by atoms with Gasteiger partial charge in [0.25, 0.3) is 0 Å². The maximum absolute atomic E-state index is 12.2. The summed E-state index contributed by atoms with van der Waals surface area (Å²) in [6, 6.07) is 9.51. The van der Waals surface area contributed by atoms with Gasteiger partial charge in [-0.1, -0.05) is 18.2 Å². The number of methoxy groups -OCH3 is 2. The van der Waals surface area contributed by atoms with Crippen LogP contribution in [0.3, 0.4) is 0 Å². The number of carbonyl (C=O) groups is 2. The fraction of sp³-hybridized carbons (Fsp3) is 0.111. The van der Waals surface area contributed by atoms with Gasteiger partial charge in [0.15, 0.2) is 17.3 Å². The summed E-state index contributed by atoms with van der Waals surface area (Å²) in [4.78, 5) is 23.2. The van der Waals surface area contributed by atoms with E-state index in [1.54, 1.807) is 31.4 Å². The number of carboxylic acids is 1. The van der Waals surface area contributed by atoms with E-state index >= 15 is 0 Å². The maximum atomic E-state index is 12.2. The molecule has 0 amide bonds. The molecule has 124 valence electrons. The zero-order valence-corrected chi connectivity index (χ0v) is 14.4. The molecule has 0 saturated carbocycles. The average Bonchev–Trinajstić information content (AvgIpc) is 2.59. The van der Waals surface area contributed by atoms with Gasteiger partial charge in [-0.15, -0.1) is 9.24 Å². The number of hydrogen-bond acceptors (Lipinski definition) is 4. The molecule has 0 fully saturated rings. The summed E-state index contributed by atoms with van der Waals surface area (Å²) in [5, 5.41) is 9.78. The summed E-state index contributed by atoms with van der Waals surface area (Å²) < 4.78 is 10.5. The van der Waals surface area contributed by atoms with Crippen LogP contribution >= 0.6 is 9.24 Å². The number of allylic oxidation sites excluding steroid dienone is 1. The van der Waals surface area contributed by atoms with E-state index < -0.39 is 5.97 Å². The van der Waals surface area contributed by atoms with Gasteiger partial charge in [-0.05, 0) is 35.9 Å². The summed E-state index contributed by atoms with van der Waals surface area (Å²) in [5.74, 6) is -0.176. The molecule has 0 bridgehead atoms. The van der Waals surface area contributed by atoms with Crippen molar-refractivity contribution < 1.29 is 24.2 Å². The largest absolute Gasteiger partial charge is 0.493 e. The molecule has 2 rings (SSSR count). The molecule has 0 aliphatic carbocycles. The van der Waals surface area contributed by atoms with Crippen molar-refractivity contribution in [2.24, 2.45) is 0 Å². The summed E-state index contributed by atoms with van der Waals surface area (Å²) in [6.07, 6.45) is 3.04. The van der Waals surface area contributed by atoms with E-state index in [0.29, 0.717) is 17.1 Å². The minimum atomic E-state index is -1.07. The van der Waals surface area contributed by atoms with Crippen LogP contribution in [0.5, 0.6) is 11.5 Å². The number of hydrogen-bond donors (Lipinski definition) is 1. The van der Waals surface area contributed by atoms with Crippen LogP contribution in [0.2, 0.25) is 0 Å². The van der Waals surface area contributed by atoms with Gasteiger partial charge in [0.1, 0.15) is 0 Å². The van der Waals surface area contributed by atoms with Crippen molar-refractivity contribution in [2.45, 2.75) is 0 Å². The van der Waals surface area contributed by atoms with E-state index in [1.165, 1.54) is 25.3 Å². The standard InChI is InChI=1S/C18H17O5P/c1-22-15-8-11(9-16(24)17(15)23-2)6-7-14(19)12-4-3-5-13(10-12)18(20)21/h3-10H,24H2,1-2H3,(H,20,21)/b7-6+. The summed E-state index contributed by atoms with van der Waals surface area (Å²) in [5.41, 5.74) is 1.16. The van der Waals surface area contributed by atoms with Crippen LogP contribution in [0, 0.1) is 0 Å². The minimum Gasteiger partial charge on any atom is -0.493 e. The smallest absolute Gasteiger partial charge is 0.335 e. The fourth-order valence-corrected chi connectivity index (χ4v) is 2.64. The monoisotopic (exact) mass is 344 g/mol. The number of benzene rings is 2. The Morgan fingerprint density at radius 3 is 2.42 bits per heavy atom. The van der Waals surface area contributed by atoms with E-state index in [0.717, 1.165) is 10.9 Å². The fourth-order valence-electron chi connectivity index (χ4n) is 2.19. The normalized spacial score (nSPS) is 10.6. The molecule has 1 atom stereocenters. The third-order valence-corrected chi connectivity index (χ3v) is 3.78. The number of ether oxygens (including phenoxy) is 2.